The van der Waals surface area contributed by atoms with Crippen LogP contribution in [0.25, 0.3) is 0 Å². The number of carbonyl (C=O) groups excluding carboxylic acids is 1. The third-order valence-electron chi connectivity index (χ3n) is 3.26. The second-order valence-corrected chi connectivity index (χ2v) is 5.80. The van der Waals surface area contributed by atoms with E-state index in [9.17, 15) is 4.79 Å². The molecule has 1 aliphatic rings. The summed E-state index contributed by atoms with van der Waals surface area (Å²) in [7, 11) is 0. The number of hydrogen-bond acceptors (Lipinski definition) is 6. The lowest BCUT2D eigenvalue weighted by molar-refractivity contribution is 0.102. The molecule has 2 aromatic rings. The summed E-state index contributed by atoms with van der Waals surface area (Å²) in [6.45, 7) is 1.84. The largest absolute Gasteiger partial charge is 0.323 e. The number of hydrogen-bond donors (Lipinski definition) is 3. The summed E-state index contributed by atoms with van der Waals surface area (Å²) in [6, 6.07) is 1.73. The topological polar surface area (TPSA) is 92.9 Å². The van der Waals surface area contributed by atoms with Gasteiger partial charge in [-0.2, -0.15) is 0 Å². The average molecular weight is 289 g/mol. The molecule has 0 bridgehead atoms. The van der Waals surface area contributed by atoms with Crippen LogP contribution in [0.15, 0.2) is 12.3 Å². The van der Waals surface area contributed by atoms with Crippen LogP contribution in [0.2, 0.25) is 0 Å². The summed E-state index contributed by atoms with van der Waals surface area (Å²) in [5, 5.41) is 3.46. The number of amides is 1. The number of aromatic nitrogens is 2. The Hall–Kier alpha value is -1.99. The smallest absolute Gasteiger partial charge is 0.261 e. The number of anilines is 2. The van der Waals surface area contributed by atoms with Gasteiger partial charge in [-0.1, -0.05) is 0 Å². The number of aryl methyl sites for hydroxylation is 3. The number of carbonyl (C=O) groups is 1. The minimum atomic E-state index is -0.252. The lowest BCUT2D eigenvalue weighted by atomic mass is 10.2. The minimum Gasteiger partial charge on any atom is -0.323 e. The van der Waals surface area contributed by atoms with Crippen LogP contribution in [0.5, 0.6) is 0 Å². The molecule has 4 N–H and O–H groups in total. The maximum atomic E-state index is 12.3. The van der Waals surface area contributed by atoms with Crippen molar-refractivity contribution in [2.24, 2.45) is 5.84 Å². The summed E-state index contributed by atoms with van der Waals surface area (Å²) in [6.07, 6.45) is 4.74. The van der Waals surface area contributed by atoms with E-state index in [1.54, 1.807) is 17.4 Å². The molecule has 0 fully saturated rings. The molecule has 20 heavy (non-hydrogen) atoms. The van der Waals surface area contributed by atoms with Crippen LogP contribution in [-0.2, 0) is 12.8 Å². The molecular formula is C13H15N5OS. The molecule has 1 amide bonds. The molecule has 0 radical (unpaired) electrons. The second-order valence-electron chi connectivity index (χ2n) is 4.71. The average Bonchev–Trinajstić information content (AvgIpc) is 2.99. The molecule has 1 aliphatic carbocycles. The van der Waals surface area contributed by atoms with Gasteiger partial charge in [0.1, 0.15) is 0 Å². The van der Waals surface area contributed by atoms with Crippen LogP contribution in [0, 0.1) is 6.92 Å². The van der Waals surface area contributed by atoms with Crippen molar-refractivity contribution >= 4 is 28.1 Å². The van der Waals surface area contributed by atoms with Crippen LogP contribution >= 0.6 is 11.3 Å². The zero-order valence-corrected chi connectivity index (χ0v) is 11.9. The normalized spacial score (nSPS) is 13.1. The standard InChI is InChI=1S/C13H15N5OS/c1-7-5-10(18-14)8(6-15-7)12(19)17-13-16-9-3-2-4-11(9)20-13/h5-6H,2-4,14H2,1H3,(H,15,18)(H,16,17,19). The Morgan fingerprint density at radius 3 is 3.05 bits per heavy atom. The quantitative estimate of drug-likeness (QED) is 0.592. The van der Waals surface area contributed by atoms with Crippen molar-refractivity contribution in [3.05, 3.63) is 34.1 Å². The van der Waals surface area contributed by atoms with Crippen molar-refractivity contribution in [1.82, 2.24) is 9.97 Å². The molecule has 6 nitrogen and oxygen atoms in total. The van der Waals surface area contributed by atoms with Crippen molar-refractivity contribution < 1.29 is 4.79 Å². The van der Waals surface area contributed by atoms with E-state index in [0.717, 1.165) is 30.7 Å². The van der Waals surface area contributed by atoms with E-state index >= 15 is 0 Å². The zero-order valence-electron chi connectivity index (χ0n) is 11.1. The van der Waals surface area contributed by atoms with Gasteiger partial charge >= 0.3 is 0 Å². The minimum absolute atomic E-state index is 0.252. The number of nitrogen functional groups attached to an aromatic ring is 1. The Morgan fingerprint density at radius 1 is 1.45 bits per heavy atom. The molecule has 0 atom stereocenters. The van der Waals surface area contributed by atoms with E-state index < -0.39 is 0 Å². The number of nitrogens with two attached hydrogens (primary N) is 1. The van der Waals surface area contributed by atoms with Crippen molar-refractivity contribution in [2.75, 3.05) is 10.7 Å². The van der Waals surface area contributed by atoms with Crippen LogP contribution < -0.4 is 16.6 Å². The highest BCUT2D eigenvalue weighted by atomic mass is 32.1. The van der Waals surface area contributed by atoms with E-state index in [4.69, 9.17) is 5.84 Å². The first-order valence-corrected chi connectivity index (χ1v) is 7.22. The van der Waals surface area contributed by atoms with E-state index in [2.05, 4.69) is 20.7 Å². The molecule has 3 rings (SSSR count). The maximum Gasteiger partial charge on any atom is 0.261 e. The number of rotatable bonds is 3. The van der Waals surface area contributed by atoms with Crippen LogP contribution in [-0.4, -0.2) is 15.9 Å². The van der Waals surface area contributed by atoms with E-state index in [-0.39, 0.29) is 5.91 Å². The third-order valence-corrected chi connectivity index (χ3v) is 4.33. The molecule has 0 saturated heterocycles. The first kappa shape index (κ1) is 13.0. The van der Waals surface area contributed by atoms with Gasteiger partial charge < -0.3 is 5.43 Å². The summed E-state index contributed by atoms with van der Waals surface area (Å²) in [5.74, 6) is 5.19. The lowest BCUT2D eigenvalue weighted by Gasteiger charge is -2.08. The molecular weight excluding hydrogens is 274 g/mol. The Labute approximate surface area is 120 Å². The van der Waals surface area contributed by atoms with Crippen LogP contribution in [0.1, 0.15) is 33.0 Å². The Bertz CT molecular complexity index is 645. The zero-order chi connectivity index (χ0) is 14.1. The molecule has 0 spiro atoms. The molecule has 2 aromatic heterocycles. The van der Waals surface area contributed by atoms with Gasteiger partial charge in [-0.05, 0) is 32.3 Å². The number of pyridine rings is 1. The SMILES string of the molecule is Cc1cc(NN)c(C(=O)Nc2nc3c(s2)CCC3)cn1. The number of nitrogens with zero attached hydrogens (tertiary/aromatic N) is 2. The fraction of sp³-hybridized carbons (Fsp3) is 0.308. The number of thiazole rings is 1. The molecule has 0 aliphatic heterocycles. The highest BCUT2D eigenvalue weighted by molar-refractivity contribution is 7.16. The first-order valence-electron chi connectivity index (χ1n) is 6.40. The summed E-state index contributed by atoms with van der Waals surface area (Å²) < 4.78 is 0. The highest BCUT2D eigenvalue weighted by Crippen LogP contribution is 2.30. The molecule has 7 heteroatoms. The Balaban J connectivity index is 1.82. The number of hydrazine groups is 1. The van der Waals surface area contributed by atoms with Gasteiger partial charge in [-0.3, -0.25) is 20.9 Å². The van der Waals surface area contributed by atoms with E-state index in [1.807, 2.05) is 6.92 Å². The van der Waals surface area contributed by atoms with Crippen molar-refractivity contribution in [3.8, 4) is 0 Å². The van der Waals surface area contributed by atoms with Gasteiger partial charge in [0.25, 0.3) is 5.91 Å². The molecule has 0 aromatic carbocycles. The molecule has 2 heterocycles. The summed E-state index contributed by atoms with van der Waals surface area (Å²) in [5.41, 5.74) is 5.40. The monoisotopic (exact) mass is 289 g/mol. The lowest BCUT2D eigenvalue weighted by Crippen LogP contribution is -2.18. The predicted molar refractivity (Wildman–Crippen MR) is 78.9 cm³/mol. The molecule has 0 saturated carbocycles. The van der Waals surface area contributed by atoms with Gasteiger partial charge in [-0.25, -0.2) is 4.98 Å². The van der Waals surface area contributed by atoms with Gasteiger partial charge in [0.15, 0.2) is 5.13 Å². The molecule has 0 unspecified atom stereocenters. The number of nitrogens with one attached hydrogen (secondary N) is 2. The second kappa shape index (κ2) is 5.18. The third kappa shape index (κ3) is 2.37. The maximum absolute atomic E-state index is 12.3. The van der Waals surface area contributed by atoms with Crippen molar-refractivity contribution in [2.45, 2.75) is 26.2 Å². The Kier molecular flexibility index (Phi) is 3.37. The first-order chi connectivity index (χ1) is 9.67. The molecule has 104 valence electrons. The van der Waals surface area contributed by atoms with E-state index in [1.165, 1.54) is 11.1 Å². The van der Waals surface area contributed by atoms with Gasteiger partial charge in [-0.15, -0.1) is 11.3 Å². The summed E-state index contributed by atoms with van der Waals surface area (Å²) >= 11 is 1.55. The van der Waals surface area contributed by atoms with E-state index in [0.29, 0.717) is 16.4 Å². The Morgan fingerprint density at radius 2 is 2.30 bits per heavy atom. The summed E-state index contributed by atoms with van der Waals surface area (Å²) in [4.78, 5) is 22.1. The van der Waals surface area contributed by atoms with Gasteiger partial charge in [0.2, 0.25) is 0 Å². The fourth-order valence-electron chi connectivity index (χ4n) is 2.27. The van der Waals surface area contributed by atoms with Crippen LogP contribution in [0.4, 0.5) is 10.8 Å². The van der Waals surface area contributed by atoms with Crippen molar-refractivity contribution in [1.29, 1.82) is 0 Å². The predicted octanol–water partition coefficient (Wildman–Crippen LogP) is 1.87. The fourth-order valence-corrected chi connectivity index (χ4v) is 3.31. The van der Waals surface area contributed by atoms with Crippen molar-refractivity contribution in [3.63, 3.8) is 0 Å². The van der Waals surface area contributed by atoms with Gasteiger partial charge in [0, 0.05) is 16.8 Å². The highest BCUT2D eigenvalue weighted by Gasteiger charge is 2.19. The van der Waals surface area contributed by atoms with Gasteiger partial charge in [0.05, 0.1) is 16.9 Å². The number of fused-ring (bicyclic) bond motifs is 1. The van der Waals surface area contributed by atoms with Crippen LogP contribution in [0.3, 0.4) is 0 Å².